The average Bonchev–Trinajstić information content (AvgIpc) is 2.93. The van der Waals surface area contributed by atoms with Crippen molar-refractivity contribution in [3.05, 3.63) is 35.9 Å². The largest absolute Gasteiger partial charge is 0.353 e. The highest BCUT2D eigenvalue weighted by atomic mass is 16.2. The number of carbonyl (C=O) groups is 1. The summed E-state index contributed by atoms with van der Waals surface area (Å²) in [5, 5.41) is 6.21. The van der Waals surface area contributed by atoms with Gasteiger partial charge in [0.2, 0.25) is 5.91 Å². The van der Waals surface area contributed by atoms with Crippen molar-refractivity contribution in [2.75, 3.05) is 26.7 Å². The normalized spacial score (nSPS) is 18.7. The summed E-state index contributed by atoms with van der Waals surface area (Å²) in [6, 6.07) is 10.4. The van der Waals surface area contributed by atoms with Gasteiger partial charge < -0.3 is 15.5 Å². The van der Waals surface area contributed by atoms with E-state index in [0.29, 0.717) is 6.54 Å². The van der Waals surface area contributed by atoms with Crippen LogP contribution in [0.4, 0.5) is 0 Å². The van der Waals surface area contributed by atoms with E-state index in [1.807, 2.05) is 6.07 Å². The molecule has 19 heavy (non-hydrogen) atoms. The van der Waals surface area contributed by atoms with Crippen molar-refractivity contribution in [2.24, 2.45) is 0 Å². The molecule has 1 amide bonds. The maximum absolute atomic E-state index is 11.8. The van der Waals surface area contributed by atoms with Crippen LogP contribution < -0.4 is 10.6 Å². The Hall–Kier alpha value is -1.39. The van der Waals surface area contributed by atoms with Gasteiger partial charge in [-0.1, -0.05) is 30.3 Å². The van der Waals surface area contributed by atoms with Gasteiger partial charge in [-0.15, -0.1) is 0 Å². The van der Waals surface area contributed by atoms with E-state index in [-0.39, 0.29) is 11.9 Å². The molecule has 1 aromatic rings. The second-order valence-electron chi connectivity index (χ2n) is 5.16. The Labute approximate surface area is 115 Å². The number of benzene rings is 1. The summed E-state index contributed by atoms with van der Waals surface area (Å²) < 4.78 is 0. The van der Waals surface area contributed by atoms with E-state index in [1.54, 1.807) is 0 Å². The Balaban J connectivity index is 1.63. The lowest BCUT2D eigenvalue weighted by molar-refractivity contribution is -0.122. The lowest BCUT2D eigenvalue weighted by Gasteiger charge is -2.18. The van der Waals surface area contributed by atoms with Crippen molar-refractivity contribution in [3.8, 4) is 0 Å². The minimum atomic E-state index is 0.0272. The molecule has 1 aliphatic heterocycles. The fraction of sp³-hybridized carbons (Fsp3) is 0.533. The number of carbonyl (C=O) groups excluding carboxylic acids is 1. The Morgan fingerprint density at radius 3 is 2.89 bits per heavy atom. The van der Waals surface area contributed by atoms with Gasteiger partial charge in [-0.2, -0.15) is 0 Å². The molecule has 4 nitrogen and oxygen atoms in total. The molecule has 0 aliphatic carbocycles. The van der Waals surface area contributed by atoms with E-state index < -0.39 is 0 Å². The van der Waals surface area contributed by atoms with Gasteiger partial charge in [-0.25, -0.2) is 0 Å². The number of nitrogens with zero attached hydrogens (tertiary/aromatic N) is 1. The van der Waals surface area contributed by atoms with Crippen molar-refractivity contribution in [2.45, 2.75) is 25.4 Å². The topological polar surface area (TPSA) is 44.4 Å². The molecule has 0 saturated carbocycles. The van der Waals surface area contributed by atoms with E-state index in [4.69, 9.17) is 0 Å². The zero-order valence-corrected chi connectivity index (χ0v) is 11.6. The minimum Gasteiger partial charge on any atom is -0.353 e. The van der Waals surface area contributed by atoms with Crippen LogP contribution in [0.15, 0.2) is 30.3 Å². The number of hydrogen-bond donors (Lipinski definition) is 2. The Morgan fingerprint density at radius 1 is 1.42 bits per heavy atom. The van der Waals surface area contributed by atoms with Crippen LogP contribution in [0, 0.1) is 0 Å². The van der Waals surface area contributed by atoms with Crippen LogP contribution >= 0.6 is 0 Å². The van der Waals surface area contributed by atoms with Gasteiger partial charge in [0.1, 0.15) is 0 Å². The first-order valence-electron chi connectivity index (χ1n) is 6.99. The fourth-order valence-corrected chi connectivity index (χ4v) is 2.38. The molecule has 1 aromatic carbocycles. The van der Waals surface area contributed by atoms with Gasteiger partial charge in [0, 0.05) is 19.6 Å². The van der Waals surface area contributed by atoms with Gasteiger partial charge in [-0.05, 0) is 32.0 Å². The molecule has 1 heterocycles. The molecule has 0 spiro atoms. The van der Waals surface area contributed by atoms with Crippen LogP contribution in [0.25, 0.3) is 0 Å². The first kappa shape index (κ1) is 14.0. The predicted molar refractivity (Wildman–Crippen MR) is 76.8 cm³/mol. The molecule has 0 bridgehead atoms. The van der Waals surface area contributed by atoms with E-state index in [1.165, 1.54) is 5.56 Å². The van der Waals surface area contributed by atoms with Crippen LogP contribution in [0.5, 0.6) is 0 Å². The molecule has 4 heteroatoms. The summed E-state index contributed by atoms with van der Waals surface area (Å²) in [6.45, 7) is 3.46. The molecular formula is C15H23N3O. The monoisotopic (exact) mass is 261 g/mol. The summed E-state index contributed by atoms with van der Waals surface area (Å²) >= 11 is 0. The van der Waals surface area contributed by atoms with Crippen molar-refractivity contribution < 1.29 is 4.79 Å². The maximum atomic E-state index is 11.8. The second-order valence-corrected chi connectivity index (χ2v) is 5.16. The van der Waals surface area contributed by atoms with E-state index in [0.717, 1.165) is 32.5 Å². The van der Waals surface area contributed by atoms with Crippen LogP contribution in [-0.2, 0) is 11.3 Å². The number of nitrogens with one attached hydrogen (secondary N) is 2. The molecule has 2 N–H and O–H groups in total. The third-order valence-electron chi connectivity index (χ3n) is 3.46. The summed E-state index contributed by atoms with van der Waals surface area (Å²) in [5.74, 6) is 0.144. The Bertz CT molecular complexity index is 388. The Morgan fingerprint density at radius 2 is 2.21 bits per heavy atom. The number of hydrogen-bond acceptors (Lipinski definition) is 3. The molecule has 1 saturated heterocycles. The fourth-order valence-electron chi connectivity index (χ4n) is 2.38. The number of rotatable bonds is 6. The molecule has 0 radical (unpaired) electrons. The van der Waals surface area contributed by atoms with Gasteiger partial charge >= 0.3 is 0 Å². The molecule has 104 valence electrons. The summed E-state index contributed by atoms with van der Waals surface area (Å²) in [5.41, 5.74) is 1.30. The third-order valence-corrected chi connectivity index (χ3v) is 3.46. The summed E-state index contributed by atoms with van der Waals surface area (Å²) in [7, 11) is 2.08. The first-order chi connectivity index (χ1) is 9.25. The highest BCUT2D eigenvalue weighted by Gasteiger charge is 2.21. The zero-order chi connectivity index (χ0) is 13.5. The lowest BCUT2D eigenvalue weighted by atomic mass is 10.2. The predicted octanol–water partition coefficient (Wildman–Crippen LogP) is 0.987. The maximum Gasteiger partial charge on any atom is 0.237 e. The van der Waals surface area contributed by atoms with Gasteiger partial charge in [0.05, 0.1) is 6.04 Å². The minimum absolute atomic E-state index is 0.0272. The lowest BCUT2D eigenvalue weighted by Crippen LogP contribution is -2.42. The molecular weight excluding hydrogens is 238 g/mol. The summed E-state index contributed by atoms with van der Waals surface area (Å²) in [4.78, 5) is 14.0. The van der Waals surface area contributed by atoms with Crippen LogP contribution in [0.1, 0.15) is 18.4 Å². The highest BCUT2D eigenvalue weighted by Crippen LogP contribution is 2.04. The van der Waals surface area contributed by atoms with Crippen molar-refractivity contribution in [3.63, 3.8) is 0 Å². The number of likely N-dealkylation sites (N-methyl/N-ethyl adjacent to an activating group) is 1. The quantitative estimate of drug-likeness (QED) is 0.802. The van der Waals surface area contributed by atoms with E-state index >= 15 is 0 Å². The average molecular weight is 261 g/mol. The second kappa shape index (κ2) is 7.26. The van der Waals surface area contributed by atoms with Crippen molar-refractivity contribution >= 4 is 5.91 Å². The van der Waals surface area contributed by atoms with Gasteiger partial charge in [-0.3, -0.25) is 4.79 Å². The molecule has 1 atom stereocenters. The van der Waals surface area contributed by atoms with Crippen LogP contribution in [0.2, 0.25) is 0 Å². The first-order valence-corrected chi connectivity index (χ1v) is 6.99. The number of amides is 1. The van der Waals surface area contributed by atoms with Gasteiger partial charge in [0.15, 0.2) is 0 Å². The van der Waals surface area contributed by atoms with Gasteiger partial charge in [0.25, 0.3) is 0 Å². The third kappa shape index (κ3) is 4.65. The molecule has 2 rings (SSSR count). The van der Waals surface area contributed by atoms with Crippen LogP contribution in [-0.4, -0.2) is 43.5 Å². The van der Waals surface area contributed by atoms with E-state index in [9.17, 15) is 4.79 Å². The molecule has 1 fully saturated rings. The molecule has 1 unspecified atom stereocenters. The van der Waals surface area contributed by atoms with Crippen molar-refractivity contribution in [1.82, 2.24) is 15.5 Å². The SMILES string of the molecule is CN(CCNC(=O)C1CCCN1)Cc1ccccc1. The van der Waals surface area contributed by atoms with Crippen molar-refractivity contribution in [1.29, 1.82) is 0 Å². The smallest absolute Gasteiger partial charge is 0.237 e. The van der Waals surface area contributed by atoms with Crippen LogP contribution in [0.3, 0.4) is 0 Å². The van der Waals surface area contributed by atoms with E-state index in [2.05, 4.69) is 46.8 Å². The molecule has 1 aliphatic rings. The summed E-state index contributed by atoms with van der Waals surface area (Å²) in [6.07, 6.45) is 2.07. The zero-order valence-electron chi connectivity index (χ0n) is 11.6. The molecule has 0 aromatic heterocycles. The standard InChI is InChI=1S/C15H23N3O/c1-18(12-13-6-3-2-4-7-13)11-10-17-15(19)14-8-5-9-16-14/h2-4,6-7,14,16H,5,8-12H2,1H3,(H,17,19). The Kier molecular flexibility index (Phi) is 5.36. The highest BCUT2D eigenvalue weighted by molar-refractivity contribution is 5.81.